The number of amides is 1. The molecule has 7 nitrogen and oxygen atoms in total. The van der Waals surface area contributed by atoms with Gasteiger partial charge in [-0.05, 0) is 91.9 Å². The molecule has 5 rings (SSSR count). The number of Topliss-reactive ketones (excluding diaryl/α,β-unsaturated/α-hetero) is 1. The summed E-state index contributed by atoms with van der Waals surface area (Å²) in [5, 5.41) is 2.83. The second-order valence-corrected chi connectivity index (χ2v) is 10.5. The minimum atomic E-state index is -0.627. The fourth-order valence-electron chi connectivity index (χ4n) is 5.37. The Kier molecular flexibility index (Phi) is 6.93. The molecule has 0 atom stereocenters. The highest BCUT2D eigenvalue weighted by atomic mass is 16.2. The summed E-state index contributed by atoms with van der Waals surface area (Å²) < 4.78 is 1.80. The maximum Gasteiger partial charge on any atom is 0.298 e. The Labute approximate surface area is 224 Å². The molecule has 3 aromatic heterocycles. The predicted octanol–water partition coefficient (Wildman–Crippen LogP) is 5.53. The van der Waals surface area contributed by atoms with Crippen molar-refractivity contribution in [2.75, 3.05) is 41.3 Å². The lowest BCUT2D eigenvalue weighted by Gasteiger charge is -2.37. The SMILES string of the molecule is Cc1cc(C)nc(N2CCN(c3ccc(NC(=O)C(=O)c4c(C(C)C)cc5ccccn45)cc3C)CC2)c1. The number of nitrogens with one attached hydrogen (secondary N) is 1. The second kappa shape index (κ2) is 10.3. The molecule has 7 heteroatoms. The van der Waals surface area contributed by atoms with Gasteiger partial charge in [-0.15, -0.1) is 0 Å². The highest BCUT2D eigenvalue weighted by molar-refractivity contribution is 6.46. The number of fused-ring (bicyclic) bond motifs is 1. The minimum Gasteiger partial charge on any atom is -0.368 e. The monoisotopic (exact) mass is 509 g/mol. The summed E-state index contributed by atoms with van der Waals surface area (Å²) in [6.07, 6.45) is 1.83. The van der Waals surface area contributed by atoms with E-state index in [1.165, 1.54) is 5.56 Å². The molecule has 196 valence electrons. The molecule has 0 bridgehead atoms. The standard InChI is InChI=1S/C31H35N5O2/c1-20(2)26-19-25-8-6-7-11-36(25)29(26)30(37)31(38)33-24-9-10-27(22(4)18-24)34-12-14-35(15-13-34)28-17-21(3)16-23(5)32-28/h6-11,16-20H,12-15H2,1-5H3,(H,33,38). The lowest BCUT2D eigenvalue weighted by molar-refractivity contribution is -0.112. The van der Waals surface area contributed by atoms with Gasteiger partial charge in [0.05, 0.1) is 0 Å². The van der Waals surface area contributed by atoms with E-state index in [2.05, 4.69) is 34.2 Å². The summed E-state index contributed by atoms with van der Waals surface area (Å²) in [5.41, 5.74) is 7.30. The summed E-state index contributed by atoms with van der Waals surface area (Å²) >= 11 is 0. The summed E-state index contributed by atoms with van der Waals surface area (Å²) in [6, 6.07) is 17.8. The first-order chi connectivity index (χ1) is 18.2. The Morgan fingerprint density at radius 1 is 0.895 bits per heavy atom. The van der Waals surface area contributed by atoms with Crippen LogP contribution in [0.3, 0.4) is 0 Å². The number of pyridine rings is 2. The molecular weight excluding hydrogens is 474 g/mol. The van der Waals surface area contributed by atoms with Crippen LogP contribution >= 0.6 is 0 Å². The van der Waals surface area contributed by atoms with E-state index in [0.29, 0.717) is 11.4 Å². The van der Waals surface area contributed by atoms with Crippen LogP contribution in [-0.4, -0.2) is 47.3 Å². The summed E-state index contributed by atoms with van der Waals surface area (Å²) in [4.78, 5) is 35.8. The van der Waals surface area contributed by atoms with Crippen LogP contribution < -0.4 is 15.1 Å². The maximum atomic E-state index is 13.3. The third kappa shape index (κ3) is 5.01. The van der Waals surface area contributed by atoms with Crippen LogP contribution in [0.1, 0.15) is 52.6 Å². The summed E-state index contributed by atoms with van der Waals surface area (Å²) in [6.45, 7) is 13.8. The quantitative estimate of drug-likeness (QED) is 0.273. The van der Waals surface area contributed by atoms with E-state index in [9.17, 15) is 9.59 Å². The molecule has 1 aliphatic heterocycles. The van der Waals surface area contributed by atoms with E-state index in [-0.39, 0.29) is 5.92 Å². The van der Waals surface area contributed by atoms with Crippen molar-refractivity contribution in [1.29, 1.82) is 0 Å². The Morgan fingerprint density at radius 2 is 1.63 bits per heavy atom. The number of ketones is 1. The predicted molar refractivity (Wildman–Crippen MR) is 154 cm³/mol. The summed E-state index contributed by atoms with van der Waals surface area (Å²) in [5.74, 6) is 0.00237. The zero-order valence-electron chi connectivity index (χ0n) is 22.8. The zero-order chi connectivity index (χ0) is 27.0. The molecule has 1 saturated heterocycles. The Hall–Kier alpha value is -4.13. The number of aromatic nitrogens is 2. The van der Waals surface area contributed by atoms with E-state index in [0.717, 1.165) is 60.0 Å². The van der Waals surface area contributed by atoms with Crippen LogP contribution in [0.25, 0.3) is 5.52 Å². The molecule has 0 spiro atoms. The van der Waals surface area contributed by atoms with Crippen molar-refractivity contribution in [2.45, 2.75) is 40.5 Å². The van der Waals surface area contributed by atoms with E-state index < -0.39 is 11.7 Å². The van der Waals surface area contributed by atoms with Gasteiger partial charge in [0.15, 0.2) is 0 Å². The molecule has 1 fully saturated rings. The number of aryl methyl sites for hydroxylation is 3. The van der Waals surface area contributed by atoms with Crippen LogP contribution in [0, 0.1) is 20.8 Å². The first kappa shape index (κ1) is 25.5. The molecule has 1 aliphatic rings. The van der Waals surface area contributed by atoms with Crippen LogP contribution in [0.15, 0.2) is 60.8 Å². The van der Waals surface area contributed by atoms with Gasteiger partial charge in [0, 0.05) is 55.0 Å². The third-order valence-electron chi connectivity index (χ3n) is 7.24. The van der Waals surface area contributed by atoms with Gasteiger partial charge in [0.1, 0.15) is 11.5 Å². The normalized spacial score (nSPS) is 13.8. The highest BCUT2D eigenvalue weighted by Gasteiger charge is 2.26. The first-order valence-electron chi connectivity index (χ1n) is 13.2. The van der Waals surface area contributed by atoms with Crippen molar-refractivity contribution in [3.63, 3.8) is 0 Å². The fraction of sp³-hybridized carbons (Fsp3) is 0.323. The van der Waals surface area contributed by atoms with Crippen molar-refractivity contribution < 1.29 is 9.59 Å². The molecule has 1 N–H and O–H groups in total. The van der Waals surface area contributed by atoms with E-state index >= 15 is 0 Å². The van der Waals surface area contributed by atoms with Gasteiger partial charge in [0.2, 0.25) is 0 Å². The van der Waals surface area contributed by atoms with Crippen LogP contribution in [0.4, 0.5) is 17.2 Å². The first-order valence-corrected chi connectivity index (χ1v) is 13.2. The molecule has 0 radical (unpaired) electrons. The number of piperazine rings is 1. The average molecular weight is 510 g/mol. The van der Waals surface area contributed by atoms with Crippen LogP contribution in [0.2, 0.25) is 0 Å². The van der Waals surface area contributed by atoms with Crippen molar-refractivity contribution >= 4 is 34.4 Å². The Balaban J connectivity index is 1.28. The van der Waals surface area contributed by atoms with Gasteiger partial charge in [-0.3, -0.25) is 9.59 Å². The smallest absolute Gasteiger partial charge is 0.298 e. The van der Waals surface area contributed by atoms with Gasteiger partial charge in [-0.2, -0.15) is 0 Å². The van der Waals surface area contributed by atoms with Crippen molar-refractivity contribution in [3.8, 4) is 0 Å². The van der Waals surface area contributed by atoms with E-state index in [1.54, 1.807) is 4.40 Å². The number of anilines is 3. The molecule has 4 aromatic rings. The molecule has 0 aliphatic carbocycles. The zero-order valence-corrected chi connectivity index (χ0v) is 22.8. The van der Waals surface area contributed by atoms with Gasteiger partial charge in [0.25, 0.3) is 11.7 Å². The number of benzene rings is 1. The minimum absolute atomic E-state index is 0.120. The average Bonchev–Trinajstić information content (AvgIpc) is 3.28. The van der Waals surface area contributed by atoms with Gasteiger partial charge in [-0.1, -0.05) is 19.9 Å². The van der Waals surface area contributed by atoms with Gasteiger partial charge >= 0.3 is 0 Å². The Morgan fingerprint density at radius 3 is 2.32 bits per heavy atom. The van der Waals surface area contributed by atoms with Crippen molar-refractivity contribution in [1.82, 2.24) is 9.38 Å². The van der Waals surface area contributed by atoms with Crippen LogP contribution in [0.5, 0.6) is 0 Å². The lowest BCUT2D eigenvalue weighted by atomic mass is 10.0. The topological polar surface area (TPSA) is 70.0 Å². The number of carbonyl (C=O) groups is 2. The highest BCUT2D eigenvalue weighted by Crippen LogP contribution is 2.28. The molecule has 1 aromatic carbocycles. The molecule has 38 heavy (non-hydrogen) atoms. The van der Waals surface area contributed by atoms with Gasteiger partial charge < -0.3 is 19.5 Å². The van der Waals surface area contributed by atoms with E-state index in [4.69, 9.17) is 4.98 Å². The number of nitrogens with zero attached hydrogens (tertiary/aromatic N) is 4. The number of carbonyl (C=O) groups excluding carboxylic acids is 2. The maximum absolute atomic E-state index is 13.3. The third-order valence-corrected chi connectivity index (χ3v) is 7.24. The molecule has 4 heterocycles. The van der Waals surface area contributed by atoms with Crippen molar-refractivity contribution in [2.24, 2.45) is 0 Å². The van der Waals surface area contributed by atoms with Gasteiger partial charge in [-0.25, -0.2) is 4.98 Å². The molecule has 0 saturated carbocycles. The Bertz CT molecular complexity index is 1490. The molecule has 0 unspecified atom stereocenters. The van der Waals surface area contributed by atoms with Crippen molar-refractivity contribution in [3.05, 3.63) is 88.9 Å². The number of rotatable bonds is 6. The van der Waals surface area contributed by atoms with E-state index in [1.807, 2.05) is 76.4 Å². The lowest BCUT2D eigenvalue weighted by Crippen LogP contribution is -2.47. The van der Waals surface area contributed by atoms with Crippen LogP contribution in [-0.2, 0) is 4.79 Å². The molecular formula is C31H35N5O2. The fourth-order valence-corrected chi connectivity index (χ4v) is 5.37. The number of hydrogen-bond donors (Lipinski definition) is 1. The second-order valence-electron chi connectivity index (χ2n) is 10.5. The largest absolute Gasteiger partial charge is 0.368 e. The molecule has 1 amide bonds. The number of hydrogen-bond acceptors (Lipinski definition) is 5. The summed E-state index contributed by atoms with van der Waals surface area (Å²) in [7, 11) is 0.